The first-order valence-corrected chi connectivity index (χ1v) is 6.36. The van der Waals surface area contributed by atoms with Crippen LogP contribution in [0.1, 0.15) is 18.4 Å². The summed E-state index contributed by atoms with van der Waals surface area (Å²) in [5.41, 5.74) is 1.22. The second kappa shape index (κ2) is 5.17. The Balaban J connectivity index is 2.48. The van der Waals surface area contributed by atoms with Crippen molar-refractivity contribution in [3.63, 3.8) is 0 Å². The zero-order valence-corrected chi connectivity index (χ0v) is 11.1. The van der Waals surface area contributed by atoms with Crippen LogP contribution >= 0.6 is 34.8 Å². The first-order valence-electron chi connectivity index (χ1n) is 5.22. The van der Waals surface area contributed by atoms with Gasteiger partial charge in [-0.1, -0.05) is 46.9 Å². The normalized spacial score (nSPS) is 24.6. The Morgan fingerprint density at radius 3 is 2.47 bits per heavy atom. The lowest BCUT2D eigenvalue weighted by Crippen LogP contribution is -2.29. The molecule has 0 aliphatic heterocycles. The summed E-state index contributed by atoms with van der Waals surface area (Å²) >= 11 is 17.9. The molecule has 0 aromatic heterocycles. The number of hydrogen-bond acceptors (Lipinski definition) is 2. The highest BCUT2D eigenvalue weighted by atomic mass is 35.5. The number of halogens is 3. The zero-order valence-electron chi connectivity index (χ0n) is 8.83. The van der Waals surface area contributed by atoms with Crippen LogP contribution in [-0.2, 0) is 0 Å². The lowest BCUT2D eigenvalue weighted by molar-refractivity contribution is 0.0453. The van der Waals surface area contributed by atoms with Gasteiger partial charge in [0, 0.05) is 5.56 Å². The lowest BCUT2D eigenvalue weighted by Gasteiger charge is -2.26. The molecule has 2 rings (SSSR count). The zero-order chi connectivity index (χ0) is 12.6. The van der Waals surface area contributed by atoms with E-state index in [1.165, 1.54) is 0 Å². The van der Waals surface area contributed by atoms with Crippen LogP contribution < -0.4 is 0 Å². The van der Waals surface area contributed by atoms with Crippen molar-refractivity contribution in [2.24, 2.45) is 0 Å². The van der Waals surface area contributed by atoms with Crippen molar-refractivity contribution in [2.75, 3.05) is 0 Å². The molecule has 0 saturated carbocycles. The van der Waals surface area contributed by atoms with Crippen LogP contribution in [0.3, 0.4) is 0 Å². The molecule has 92 valence electrons. The van der Waals surface area contributed by atoms with Crippen molar-refractivity contribution in [3.8, 4) is 0 Å². The minimum absolute atomic E-state index is 0.263. The molecule has 2 atom stereocenters. The van der Waals surface area contributed by atoms with Gasteiger partial charge in [-0.05, 0) is 24.5 Å². The maximum absolute atomic E-state index is 9.92. The summed E-state index contributed by atoms with van der Waals surface area (Å²) in [6, 6.07) is 3.32. The molecule has 2 nitrogen and oxygen atoms in total. The summed E-state index contributed by atoms with van der Waals surface area (Å²) in [6.07, 6.45) is 1.41. The van der Waals surface area contributed by atoms with E-state index in [0.29, 0.717) is 34.0 Å². The first-order chi connectivity index (χ1) is 8.02. The number of benzene rings is 1. The van der Waals surface area contributed by atoms with Crippen molar-refractivity contribution < 1.29 is 10.2 Å². The monoisotopic (exact) mass is 292 g/mol. The second-order valence-corrected chi connectivity index (χ2v) is 5.14. The van der Waals surface area contributed by atoms with Crippen molar-refractivity contribution in [1.29, 1.82) is 0 Å². The van der Waals surface area contributed by atoms with Gasteiger partial charge in [-0.25, -0.2) is 0 Å². The van der Waals surface area contributed by atoms with Gasteiger partial charge in [0.25, 0.3) is 0 Å². The molecule has 0 amide bonds. The van der Waals surface area contributed by atoms with Gasteiger partial charge in [-0.3, -0.25) is 0 Å². The van der Waals surface area contributed by atoms with Gasteiger partial charge >= 0.3 is 0 Å². The van der Waals surface area contributed by atoms with Crippen LogP contribution in [0.2, 0.25) is 15.1 Å². The summed E-state index contributed by atoms with van der Waals surface area (Å²) in [6.45, 7) is 0. The van der Waals surface area contributed by atoms with Crippen molar-refractivity contribution >= 4 is 40.4 Å². The van der Waals surface area contributed by atoms with Gasteiger partial charge in [0.2, 0.25) is 0 Å². The number of allylic oxidation sites excluding steroid dienone is 1. The van der Waals surface area contributed by atoms with Crippen molar-refractivity contribution in [1.82, 2.24) is 0 Å². The number of aliphatic hydroxyl groups is 2. The molecule has 1 aromatic rings. The first kappa shape index (κ1) is 13.2. The molecular weight excluding hydrogens is 282 g/mol. The van der Waals surface area contributed by atoms with Gasteiger partial charge in [-0.2, -0.15) is 0 Å². The molecule has 5 heteroatoms. The third kappa shape index (κ3) is 2.47. The van der Waals surface area contributed by atoms with Gasteiger partial charge in [0.15, 0.2) is 0 Å². The van der Waals surface area contributed by atoms with E-state index in [0.717, 1.165) is 0 Å². The second-order valence-electron chi connectivity index (χ2n) is 3.97. The molecule has 0 fully saturated rings. The van der Waals surface area contributed by atoms with E-state index in [2.05, 4.69) is 0 Å². The van der Waals surface area contributed by atoms with Crippen molar-refractivity contribution in [3.05, 3.63) is 38.8 Å². The Morgan fingerprint density at radius 1 is 1.06 bits per heavy atom. The number of aliphatic hydroxyl groups excluding tert-OH is 2. The van der Waals surface area contributed by atoms with E-state index in [9.17, 15) is 10.2 Å². The van der Waals surface area contributed by atoms with E-state index in [-0.39, 0.29) is 5.02 Å². The molecule has 0 bridgehead atoms. The fourth-order valence-corrected chi connectivity index (χ4v) is 2.56. The fourth-order valence-electron chi connectivity index (χ4n) is 1.91. The standard InChI is InChI=1S/C12H11Cl3O2/c13-8-5-4-6(10(14)11(8)15)7-2-1-3-9(16)12(7)17/h2,4-5,9,12,16-17H,1,3H2. The summed E-state index contributed by atoms with van der Waals surface area (Å²) in [4.78, 5) is 0. The highest BCUT2D eigenvalue weighted by Crippen LogP contribution is 2.38. The Bertz CT molecular complexity index is 471. The quantitative estimate of drug-likeness (QED) is 0.778. The van der Waals surface area contributed by atoms with Crippen molar-refractivity contribution in [2.45, 2.75) is 25.0 Å². The average Bonchev–Trinajstić information content (AvgIpc) is 2.31. The van der Waals surface area contributed by atoms with Crippen LogP contribution in [-0.4, -0.2) is 22.4 Å². The fraction of sp³-hybridized carbons (Fsp3) is 0.333. The van der Waals surface area contributed by atoms with E-state index < -0.39 is 12.2 Å². The summed E-state index contributed by atoms with van der Waals surface area (Å²) in [5, 5.41) is 20.5. The smallest absolute Gasteiger partial charge is 0.105 e. The number of hydrogen-bond donors (Lipinski definition) is 2. The van der Waals surface area contributed by atoms with Crippen LogP contribution in [0.5, 0.6) is 0 Å². The minimum Gasteiger partial charge on any atom is -0.390 e. The third-order valence-electron chi connectivity index (χ3n) is 2.86. The molecule has 2 unspecified atom stereocenters. The highest BCUT2D eigenvalue weighted by molar-refractivity contribution is 6.48. The molecule has 1 aliphatic rings. The van der Waals surface area contributed by atoms with E-state index in [4.69, 9.17) is 34.8 Å². The van der Waals surface area contributed by atoms with Gasteiger partial charge in [0.1, 0.15) is 6.10 Å². The molecule has 1 aromatic carbocycles. The van der Waals surface area contributed by atoms with Gasteiger partial charge < -0.3 is 10.2 Å². The lowest BCUT2D eigenvalue weighted by atomic mass is 9.89. The Labute approximate surface area is 114 Å². The van der Waals surface area contributed by atoms with E-state index in [1.54, 1.807) is 12.1 Å². The van der Waals surface area contributed by atoms with E-state index in [1.807, 2.05) is 6.08 Å². The van der Waals surface area contributed by atoms with Crippen LogP contribution in [0.15, 0.2) is 18.2 Å². The number of rotatable bonds is 1. The molecule has 0 saturated heterocycles. The highest BCUT2D eigenvalue weighted by Gasteiger charge is 2.26. The molecule has 2 N–H and O–H groups in total. The molecule has 17 heavy (non-hydrogen) atoms. The van der Waals surface area contributed by atoms with Crippen LogP contribution in [0.4, 0.5) is 0 Å². The molecule has 0 spiro atoms. The Morgan fingerprint density at radius 2 is 1.76 bits per heavy atom. The minimum atomic E-state index is -0.932. The molecule has 1 aliphatic carbocycles. The van der Waals surface area contributed by atoms with Gasteiger partial charge in [0.05, 0.1) is 21.2 Å². The third-order valence-corrected chi connectivity index (χ3v) is 4.15. The van der Waals surface area contributed by atoms with Gasteiger partial charge in [-0.15, -0.1) is 0 Å². The Kier molecular flexibility index (Phi) is 4.01. The van der Waals surface area contributed by atoms with Crippen LogP contribution in [0.25, 0.3) is 5.57 Å². The summed E-state index contributed by atoms with van der Waals surface area (Å²) in [5.74, 6) is 0. The summed E-state index contributed by atoms with van der Waals surface area (Å²) < 4.78 is 0. The predicted molar refractivity (Wildman–Crippen MR) is 70.7 cm³/mol. The maximum Gasteiger partial charge on any atom is 0.105 e. The molecule has 0 radical (unpaired) electrons. The molecule has 0 heterocycles. The SMILES string of the molecule is OC1CCC=C(c2ccc(Cl)c(Cl)c2Cl)C1O. The van der Waals surface area contributed by atoms with E-state index >= 15 is 0 Å². The predicted octanol–water partition coefficient (Wildman–Crippen LogP) is 3.55. The molecular formula is C12H11Cl3O2. The largest absolute Gasteiger partial charge is 0.390 e. The maximum atomic E-state index is 9.92. The Hall–Kier alpha value is -0.250. The average molecular weight is 294 g/mol. The summed E-state index contributed by atoms with van der Waals surface area (Å²) in [7, 11) is 0. The topological polar surface area (TPSA) is 40.5 Å². The van der Waals surface area contributed by atoms with Crippen LogP contribution in [0, 0.1) is 0 Å².